The van der Waals surface area contributed by atoms with E-state index in [0.717, 1.165) is 0 Å². The molecule has 0 aromatic heterocycles. The molecule has 14 heavy (non-hydrogen) atoms. The van der Waals surface area contributed by atoms with Gasteiger partial charge in [0.1, 0.15) is 0 Å². The molecule has 0 amide bonds. The van der Waals surface area contributed by atoms with E-state index >= 15 is 0 Å². The predicted octanol–water partition coefficient (Wildman–Crippen LogP) is -1.95. The van der Waals surface area contributed by atoms with Crippen molar-refractivity contribution >= 4 is 64.4 Å². The van der Waals surface area contributed by atoms with Gasteiger partial charge in [0.25, 0.3) is 0 Å². The van der Waals surface area contributed by atoms with Crippen LogP contribution in [0.5, 0.6) is 0 Å². The first kappa shape index (κ1) is 13.9. The van der Waals surface area contributed by atoms with E-state index in [2.05, 4.69) is 0 Å². The van der Waals surface area contributed by atoms with Gasteiger partial charge in [-0.3, -0.25) is 0 Å². The van der Waals surface area contributed by atoms with Crippen molar-refractivity contribution in [1.29, 1.82) is 0 Å². The molecular weight excluding hydrogens is 321 g/mol. The molecule has 0 aliphatic rings. The van der Waals surface area contributed by atoms with Crippen LogP contribution >= 0.6 is 0 Å². The molecule has 0 rings (SSSR count). The average molecular weight is 329 g/mol. The first-order valence-corrected chi connectivity index (χ1v) is 7.24. The van der Waals surface area contributed by atoms with Crippen LogP contribution in [0.3, 0.4) is 0 Å². The van der Waals surface area contributed by atoms with Gasteiger partial charge in [-0.2, -0.15) is 0 Å². The second-order valence-corrected chi connectivity index (χ2v) is 6.49. The van der Waals surface area contributed by atoms with Gasteiger partial charge in [0.2, 0.25) is 0 Å². The molecule has 8 heteroatoms. The number of carbonyl (C=O) groups is 3. The number of aliphatic hydroxyl groups is 1. The molecule has 0 aliphatic carbocycles. The fraction of sp³-hybridized carbons (Fsp3) is 0.500. The van der Waals surface area contributed by atoms with Crippen molar-refractivity contribution in [2.45, 2.75) is 12.4 Å². The normalized spacial score (nSPS) is 16.6. The first-order chi connectivity index (χ1) is 6.21. The van der Waals surface area contributed by atoms with Crippen molar-refractivity contribution in [3.05, 3.63) is 0 Å². The van der Waals surface area contributed by atoms with Crippen LogP contribution in [0.2, 0.25) is 0.386 Å². The van der Waals surface area contributed by atoms with Crippen molar-refractivity contribution < 1.29 is 34.8 Å². The monoisotopic (exact) mass is 330 g/mol. The molecule has 4 N–H and O–H groups in total. The van der Waals surface area contributed by atoms with E-state index in [1.165, 1.54) is 0 Å². The standard InChI is InChI=1S/C6H7O7.Ba.H/c7-3(8)1-6(13,5(11)12)2-4(9)10;;/h1,13H,2H2,(H,7,8)(H,9,10)(H,11,12);;. The molecular formula is C6H8BaO7. The topological polar surface area (TPSA) is 132 Å². The molecule has 0 saturated heterocycles. The van der Waals surface area contributed by atoms with Crippen LogP contribution < -0.4 is 0 Å². The van der Waals surface area contributed by atoms with Crippen LogP contribution in [0.15, 0.2) is 0 Å². The molecule has 7 nitrogen and oxygen atoms in total. The van der Waals surface area contributed by atoms with Crippen LogP contribution in [0.1, 0.15) is 6.42 Å². The van der Waals surface area contributed by atoms with Crippen molar-refractivity contribution in [2.24, 2.45) is 0 Å². The Hall–Kier alpha value is -0.0586. The summed E-state index contributed by atoms with van der Waals surface area (Å²) >= 11 is -0.813. The number of carboxylic acids is 3. The van der Waals surface area contributed by atoms with Gasteiger partial charge >= 0.3 is 112 Å². The molecule has 76 valence electrons. The summed E-state index contributed by atoms with van der Waals surface area (Å²) in [4.78, 5) is 31.3. The minimum atomic E-state index is -2.68. The zero-order valence-electron chi connectivity index (χ0n) is 7.30. The van der Waals surface area contributed by atoms with Crippen molar-refractivity contribution in [3.63, 3.8) is 0 Å². The van der Waals surface area contributed by atoms with Crippen LogP contribution in [-0.4, -0.2) is 90.5 Å². The minimum absolute atomic E-state index is 0.813. The summed E-state index contributed by atoms with van der Waals surface area (Å²) in [6, 6.07) is 0. The molecule has 2 unspecified atom stereocenters. The van der Waals surface area contributed by atoms with Gasteiger partial charge in [0.05, 0.1) is 0 Å². The molecule has 0 aromatic carbocycles. The van der Waals surface area contributed by atoms with E-state index in [1.807, 2.05) is 0 Å². The molecule has 0 spiro atoms. The predicted molar refractivity (Wildman–Crippen MR) is 43.4 cm³/mol. The van der Waals surface area contributed by atoms with Crippen LogP contribution in [0.4, 0.5) is 0 Å². The van der Waals surface area contributed by atoms with Crippen molar-refractivity contribution in [1.82, 2.24) is 0 Å². The first-order valence-electron chi connectivity index (χ1n) is 3.62. The fourth-order valence-electron chi connectivity index (χ4n) is 0.849. The summed E-state index contributed by atoms with van der Waals surface area (Å²) in [6.07, 6.45) is -1.10. The number of aliphatic carboxylic acids is 3. The van der Waals surface area contributed by atoms with Crippen molar-refractivity contribution in [2.75, 3.05) is 0 Å². The van der Waals surface area contributed by atoms with E-state index in [1.54, 1.807) is 0 Å². The maximum atomic E-state index is 10.6. The zero-order chi connectivity index (χ0) is 11.5. The van der Waals surface area contributed by atoms with Gasteiger partial charge in [0, 0.05) is 0 Å². The molecule has 2 atom stereocenters. The van der Waals surface area contributed by atoms with E-state index in [-0.39, 0.29) is 0 Å². The Kier molecular flexibility index (Phi) is 5.12. The summed E-state index contributed by atoms with van der Waals surface area (Å²) in [6.45, 7) is 0. The van der Waals surface area contributed by atoms with Crippen LogP contribution in [0, 0.1) is 0 Å². The summed E-state index contributed by atoms with van der Waals surface area (Å²) in [5, 5.41) is 34.8. The number of hydrogen-bond acceptors (Lipinski definition) is 4. The second kappa shape index (κ2) is 5.14. The number of carboxylic acid groups (broad SMARTS) is 3. The number of hydrogen-bond donors (Lipinski definition) is 4. The van der Waals surface area contributed by atoms with Gasteiger partial charge in [-0.1, -0.05) is 0 Å². The van der Waals surface area contributed by atoms with Gasteiger partial charge in [0.15, 0.2) is 0 Å². The molecule has 0 saturated carbocycles. The van der Waals surface area contributed by atoms with Gasteiger partial charge in [-0.05, 0) is 0 Å². The fourth-order valence-corrected chi connectivity index (χ4v) is 2.27. The molecule has 0 heterocycles. The SMILES string of the molecule is O=C(O)CC(O)(C(=O)O)[CH]([BaH])C(=O)O. The summed E-state index contributed by atoms with van der Waals surface area (Å²) in [7, 11) is 0. The Morgan fingerprint density at radius 1 is 1.21 bits per heavy atom. The zero-order valence-corrected chi connectivity index (χ0v) is 13.6. The van der Waals surface area contributed by atoms with Crippen molar-refractivity contribution in [3.8, 4) is 0 Å². The third kappa shape index (κ3) is 3.26. The van der Waals surface area contributed by atoms with Gasteiger partial charge in [-0.25, -0.2) is 0 Å². The van der Waals surface area contributed by atoms with Gasteiger partial charge in [-0.15, -0.1) is 0 Å². The van der Waals surface area contributed by atoms with E-state index in [4.69, 9.17) is 15.3 Å². The van der Waals surface area contributed by atoms with Gasteiger partial charge < -0.3 is 0 Å². The summed E-state index contributed by atoms with van der Waals surface area (Å²) in [5.74, 6) is -4.83. The second-order valence-electron chi connectivity index (χ2n) is 2.86. The van der Waals surface area contributed by atoms with E-state index < -0.39 is 76.8 Å². The Balaban J connectivity index is 4.99. The maximum absolute atomic E-state index is 10.6. The van der Waals surface area contributed by atoms with E-state index in [0.29, 0.717) is 0 Å². The average Bonchev–Trinajstić information content (AvgIpc) is 2.00. The van der Waals surface area contributed by atoms with Crippen LogP contribution in [0.25, 0.3) is 0 Å². The Morgan fingerprint density at radius 2 is 1.64 bits per heavy atom. The molecule has 0 fully saturated rings. The Labute approximate surface area is 110 Å². The molecule has 0 aliphatic heterocycles. The number of rotatable bonds is 5. The molecule has 0 radical (unpaired) electrons. The van der Waals surface area contributed by atoms with Crippen LogP contribution in [-0.2, 0) is 14.4 Å². The quantitative estimate of drug-likeness (QED) is 0.431. The third-order valence-corrected chi connectivity index (χ3v) is 6.43. The Morgan fingerprint density at radius 3 is 1.86 bits per heavy atom. The van der Waals surface area contributed by atoms with E-state index in [9.17, 15) is 19.5 Å². The third-order valence-electron chi connectivity index (χ3n) is 1.88. The molecule has 0 bridgehead atoms. The summed E-state index contributed by atoms with van der Waals surface area (Å²) in [5.41, 5.74) is -2.68. The Bertz CT molecular complexity index is 275. The molecule has 0 aromatic rings. The summed E-state index contributed by atoms with van der Waals surface area (Å²) < 4.78 is -1.48.